The lowest BCUT2D eigenvalue weighted by atomic mass is 9.94. The Morgan fingerprint density at radius 2 is 2.29 bits per heavy atom. The number of fused-ring (bicyclic) bond motifs is 1. The minimum absolute atomic E-state index is 0.0745. The quantitative estimate of drug-likeness (QED) is 0.926. The summed E-state index contributed by atoms with van der Waals surface area (Å²) in [7, 11) is 0. The van der Waals surface area contributed by atoms with E-state index in [4.69, 9.17) is 4.74 Å². The summed E-state index contributed by atoms with van der Waals surface area (Å²) in [5, 5.41) is 4.06. The molecule has 1 fully saturated rings. The molecule has 1 N–H and O–H groups in total. The molecule has 1 saturated heterocycles. The Kier molecular flexibility index (Phi) is 3.71. The van der Waals surface area contributed by atoms with Crippen molar-refractivity contribution in [1.29, 1.82) is 0 Å². The highest BCUT2D eigenvalue weighted by atomic mass is 32.1. The van der Waals surface area contributed by atoms with Crippen LogP contribution in [0.4, 0.5) is 0 Å². The van der Waals surface area contributed by atoms with E-state index in [2.05, 4.69) is 23.5 Å². The van der Waals surface area contributed by atoms with Crippen molar-refractivity contribution in [2.75, 3.05) is 6.61 Å². The number of amides is 1. The molecule has 0 spiro atoms. The van der Waals surface area contributed by atoms with E-state index < -0.39 is 0 Å². The van der Waals surface area contributed by atoms with E-state index >= 15 is 0 Å². The van der Waals surface area contributed by atoms with Crippen molar-refractivity contribution >= 4 is 27.5 Å². The number of nitrogens with zero attached hydrogens (tertiary/aromatic N) is 1. The summed E-state index contributed by atoms with van der Waals surface area (Å²) in [6.07, 6.45) is 1.69. The van der Waals surface area contributed by atoms with Gasteiger partial charge in [-0.15, -0.1) is 0 Å². The Balaban J connectivity index is 1.79. The predicted molar refractivity (Wildman–Crippen MR) is 84.9 cm³/mol. The molecule has 0 unspecified atom stereocenters. The summed E-state index contributed by atoms with van der Waals surface area (Å²) in [4.78, 5) is 12.5. The van der Waals surface area contributed by atoms with Gasteiger partial charge in [-0.05, 0) is 57.3 Å². The van der Waals surface area contributed by atoms with Crippen molar-refractivity contribution in [3.63, 3.8) is 0 Å². The fraction of sp³-hybridized carbons (Fsp3) is 0.500. The van der Waals surface area contributed by atoms with Crippen LogP contribution in [0.3, 0.4) is 0 Å². The van der Waals surface area contributed by atoms with Crippen molar-refractivity contribution in [2.45, 2.75) is 45.3 Å². The number of hydrogen-bond donors (Lipinski definition) is 1. The predicted octanol–water partition coefficient (Wildman–Crippen LogP) is 3.29. The topological polar surface area (TPSA) is 51.2 Å². The zero-order valence-electron chi connectivity index (χ0n) is 12.6. The van der Waals surface area contributed by atoms with Gasteiger partial charge in [0.05, 0.1) is 10.3 Å². The summed E-state index contributed by atoms with van der Waals surface area (Å²) < 4.78 is 11.1. The largest absolute Gasteiger partial charge is 0.375 e. The van der Waals surface area contributed by atoms with Crippen molar-refractivity contribution in [3.05, 3.63) is 29.5 Å². The third-order valence-corrected chi connectivity index (χ3v) is 4.70. The Morgan fingerprint density at radius 3 is 3.05 bits per heavy atom. The Morgan fingerprint density at radius 1 is 1.48 bits per heavy atom. The first-order valence-electron chi connectivity index (χ1n) is 7.25. The minimum atomic E-state index is -0.170. The number of ether oxygens (including phenoxy) is 1. The van der Waals surface area contributed by atoms with Crippen molar-refractivity contribution in [2.24, 2.45) is 0 Å². The molecule has 21 heavy (non-hydrogen) atoms. The summed E-state index contributed by atoms with van der Waals surface area (Å²) >= 11 is 1.38. The fourth-order valence-corrected chi connectivity index (χ4v) is 3.58. The lowest BCUT2D eigenvalue weighted by Gasteiger charge is -2.35. The van der Waals surface area contributed by atoms with Gasteiger partial charge < -0.3 is 10.1 Å². The molecule has 4 nitrogen and oxygen atoms in total. The van der Waals surface area contributed by atoms with Gasteiger partial charge in [0.25, 0.3) is 5.91 Å². The molecule has 2 heterocycles. The van der Waals surface area contributed by atoms with Crippen LogP contribution in [0.15, 0.2) is 18.2 Å². The molecule has 0 radical (unpaired) electrons. The van der Waals surface area contributed by atoms with E-state index in [1.54, 1.807) is 0 Å². The third-order valence-electron chi connectivity index (χ3n) is 3.87. The summed E-state index contributed by atoms with van der Waals surface area (Å²) in [6, 6.07) is 6.25. The summed E-state index contributed by atoms with van der Waals surface area (Å²) in [5.74, 6) is -0.0745. The number of benzene rings is 1. The molecule has 2 aromatic rings. The van der Waals surface area contributed by atoms with Gasteiger partial charge in [0.15, 0.2) is 0 Å². The number of nitrogens with one attached hydrogen (secondary N) is 1. The van der Waals surface area contributed by atoms with Gasteiger partial charge in [0, 0.05) is 18.0 Å². The lowest BCUT2D eigenvalue weighted by molar-refractivity contribution is -0.0615. The molecular formula is C16H20N2O2S. The van der Waals surface area contributed by atoms with Crippen LogP contribution in [0.5, 0.6) is 0 Å². The maximum absolute atomic E-state index is 12.5. The maximum Gasteiger partial charge on any atom is 0.271 e. The normalized spacial score (nSPS) is 21.4. The monoisotopic (exact) mass is 304 g/mol. The highest BCUT2D eigenvalue weighted by molar-refractivity contribution is 7.13. The zero-order valence-corrected chi connectivity index (χ0v) is 13.4. The maximum atomic E-state index is 12.5. The number of aryl methyl sites for hydroxylation is 1. The van der Waals surface area contributed by atoms with E-state index in [9.17, 15) is 4.79 Å². The molecular weight excluding hydrogens is 284 g/mol. The molecule has 112 valence electrons. The molecule has 1 aromatic heterocycles. The van der Waals surface area contributed by atoms with Crippen LogP contribution < -0.4 is 5.32 Å². The fourth-order valence-electron chi connectivity index (χ4n) is 2.83. The second-order valence-corrected chi connectivity index (χ2v) is 7.11. The van der Waals surface area contributed by atoms with Gasteiger partial charge in [-0.3, -0.25) is 4.79 Å². The number of carbonyl (C=O) groups excluding carboxylic acids is 1. The van der Waals surface area contributed by atoms with Crippen molar-refractivity contribution in [1.82, 2.24) is 9.69 Å². The number of rotatable bonds is 2. The highest BCUT2D eigenvalue weighted by Crippen LogP contribution is 2.26. The first-order valence-corrected chi connectivity index (χ1v) is 8.03. The first-order chi connectivity index (χ1) is 9.94. The first kappa shape index (κ1) is 14.5. The second kappa shape index (κ2) is 5.39. The molecule has 5 heteroatoms. The molecule has 0 saturated carbocycles. The van der Waals surface area contributed by atoms with E-state index in [1.807, 2.05) is 25.1 Å². The third kappa shape index (κ3) is 3.09. The average Bonchev–Trinajstić information content (AvgIpc) is 2.80. The summed E-state index contributed by atoms with van der Waals surface area (Å²) in [6.45, 7) is 6.84. The van der Waals surface area contributed by atoms with Crippen LogP contribution in [-0.4, -0.2) is 28.5 Å². The van der Waals surface area contributed by atoms with Gasteiger partial charge in [-0.25, -0.2) is 0 Å². The highest BCUT2D eigenvalue weighted by Gasteiger charge is 2.30. The average molecular weight is 304 g/mol. The van der Waals surface area contributed by atoms with E-state index in [0.717, 1.165) is 28.5 Å². The van der Waals surface area contributed by atoms with Crippen LogP contribution >= 0.6 is 11.5 Å². The molecule has 1 amide bonds. The lowest BCUT2D eigenvalue weighted by Crippen LogP contribution is -2.45. The second-order valence-electron chi connectivity index (χ2n) is 6.30. The van der Waals surface area contributed by atoms with E-state index in [-0.39, 0.29) is 17.6 Å². The molecule has 1 aliphatic heterocycles. The Hall–Kier alpha value is -1.46. The Labute approximate surface area is 128 Å². The minimum Gasteiger partial charge on any atom is -0.375 e. The number of carbonyl (C=O) groups is 1. The molecule has 0 bridgehead atoms. The molecule has 1 aromatic carbocycles. The molecule has 1 aliphatic rings. The van der Waals surface area contributed by atoms with Crippen LogP contribution in [0.1, 0.15) is 42.7 Å². The standard InChI is InChI=1S/C16H20N2O2S/c1-10-4-5-13-12(8-10)14(18-21-13)15(19)17-11-6-7-20-16(2,3)9-11/h4-5,8,11H,6-7,9H2,1-3H3,(H,17,19)/t11-/m1/s1. The zero-order chi connectivity index (χ0) is 15.0. The molecule has 0 aliphatic carbocycles. The summed E-state index contributed by atoms with van der Waals surface area (Å²) in [5.41, 5.74) is 1.52. The van der Waals surface area contributed by atoms with Crippen LogP contribution in [0, 0.1) is 6.92 Å². The molecule has 1 atom stereocenters. The molecule has 3 rings (SSSR count). The van der Waals surface area contributed by atoms with Gasteiger partial charge >= 0.3 is 0 Å². The van der Waals surface area contributed by atoms with E-state index in [1.165, 1.54) is 11.5 Å². The van der Waals surface area contributed by atoms with Crippen LogP contribution in [0.25, 0.3) is 10.1 Å². The van der Waals surface area contributed by atoms with Crippen molar-refractivity contribution in [3.8, 4) is 0 Å². The van der Waals surface area contributed by atoms with Crippen LogP contribution in [-0.2, 0) is 4.74 Å². The Bertz CT molecular complexity index is 678. The SMILES string of the molecule is Cc1ccc2snc(C(=O)N[C@@H]3CCOC(C)(C)C3)c2c1. The smallest absolute Gasteiger partial charge is 0.271 e. The van der Waals surface area contributed by atoms with Crippen LogP contribution in [0.2, 0.25) is 0 Å². The number of hydrogen-bond acceptors (Lipinski definition) is 4. The van der Waals surface area contributed by atoms with E-state index in [0.29, 0.717) is 12.3 Å². The van der Waals surface area contributed by atoms with Gasteiger partial charge in [0.1, 0.15) is 5.69 Å². The van der Waals surface area contributed by atoms with Gasteiger partial charge in [-0.2, -0.15) is 4.37 Å². The van der Waals surface area contributed by atoms with Gasteiger partial charge in [-0.1, -0.05) is 11.6 Å². The number of aromatic nitrogens is 1. The van der Waals surface area contributed by atoms with Crippen molar-refractivity contribution < 1.29 is 9.53 Å². The van der Waals surface area contributed by atoms with Gasteiger partial charge in [0.2, 0.25) is 0 Å².